The number of nitrogens with one attached hydrogen (secondary N) is 2. The first kappa shape index (κ1) is 23.9. The Bertz CT molecular complexity index is 1390. The molecule has 3 aromatic carbocycles. The van der Waals surface area contributed by atoms with Crippen molar-refractivity contribution in [3.63, 3.8) is 0 Å². The minimum absolute atomic E-state index is 0. The normalized spacial score (nSPS) is 12.9. The van der Waals surface area contributed by atoms with Crippen molar-refractivity contribution in [3.05, 3.63) is 90.8 Å². The maximum absolute atomic E-state index is 13.0. The van der Waals surface area contributed by atoms with Crippen molar-refractivity contribution in [2.24, 2.45) is 0 Å². The van der Waals surface area contributed by atoms with Crippen LogP contribution in [0.25, 0.3) is 10.8 Å². The van der Waals surface area contributed by atoms with Crippen molar-refractivity contribution in [3.8, 4) is 0 Å². The van der Waals surface area contributed by atoms with Crippen LogP contribution < -0.4 is 15.5 Å². The Morgan fingerprint density at radius 1 is 0.943 bits per heavy atom. The van der Waals surface area contributed by atoms with E-state index in [4.69, 9.17) is 0 Å². The Hall–Kier alpha value is -4.23. The molecule has 0 saturated carbocycles. The molecule has 3 amide bonds. The lowest BCUT2D eigenvalue weighted by molar-refractivity contribution is -0.124. The summed E-state index contributed by atoms with van der Waals surface area (Å²) < 4.78 is 0. The molecule has 0 atom stereocenters. The van der Waals surface area contributed by atoms with Crippen molar-refractivity contribution in [2.75, 3.05) is 15.5 Å². The summed E-state index contributed by atoms with van der Waals surface area (Å²) >= 11 is 0. The van der Waals surface area contributed by atoms with E-state index in [1.165, 1.54) is 0 Å². The number of pyridine rings is 1. The molecule has 0 spiro atoms. The minimum atomic E-state index is -0.344. The van der Waals surface area contributed by atoms with Gasteiger partial charge in [0.15, 0.2) is 0 Å². The number of aromatic nitrogens is 1. The second kappa shape index (κ2) is 10.4. The van der Waals surface area contributed by atoms with E-state index >= 15 is 0 Å². The zero-order valence-electron chi connectivity index (χ0n) is 18.7. The number of fused-ring (bicyclic) bond motifs is 3. The summed E-state index contributed by atoms with van der Waals surface area (Å²) in [5.41, 5.74) is 3.53. The Balaban J connectivity index is 0.00000289. The van der Waals surface area contributed by atoms with E-state index in [0.29, 0.717) is 35.6 Å². The van der Waals surface area contributed by atoms with E-state index in [9.17, 15) is 14.4 Å². The summed E-state index contributed by atoms with van der Waals surface area (Å²) in [6.45, 7) is 0. The lowest BCUT2D eigenvalue weighted by atomic mass is 10.1. The van der Waals surface area contributed by atoms with Crippen LogP contribution in [-0.2, 0) is 20.8 Å². The highest BCUT2D eigenvalue weighted by atomic mass is 35.5. The predicted octanol–water partition coefficient (Wildman–Crippen LogP) is 5.23. The fraction of sp³-hybridized carbons (Fsp3) is 0.111. The third-order valence-electron chi connectivity index (χ3n) is 5.77. The first-order valence-corrected chi connectivity index (χ1v) is 11.0. The molecule has 1 aliphatic rings. The van der Waals surface area contributed by atoms with Gasteiger partial charge in [-0.2, -0.15) is 0 Å². The van der Waals surface area contributed by atoms with Gasteiger partial charge in [0.05, 0.1) is 11.4 Å². The van der Waals surface area contributed by atoms with Crippen LogP contribution in [0.15, 0.2) is 85.2 Å². The average Bonchev–Trinajstić information content (AvgIpc) is 2.98. The van der Waals surface area contributed by atoms with Gasteiger partial charge in [-0.25, -0.2) is 0 Å². The van der Waals surface area contributed by atoms with Gasteiger partial charge >= 0.3 is 0 Å². The largest absolute Gasteiger partial charge is 0.326 e. The maximum atomic E-state index is 13.0. The third-order valence-corrected chi connectivity index (χ3v) is 5.77. The van der Waals surface area contributed by atoms with Gasteiger partial charge in [-0.3, -0.25) is 24.3 Å². The average molecular weight is 487 g/mol. The van der Waals surface area contributed by atoms with Gasteiger partial charge in [0, 0.05) is 35.6 Å². The molecule has 0 fully saturated rings. The van der Waals surface area contributed by atoms with Crippen LogP contribution in [-0.4, -0.2) is 22.7 Å². The molecule has 35 heavy (non-hydrogen) atoms. The van der Waals surface area contributed by atoms with Gasteiger partial charge in [0.25, 0.3) is 0 Å². The summed E-state index contributed by atoms with van der Waals surface area (Å²) in [4.78, 5) is 43.3. The lowest BCUT2D eigenvalue weighted by Gasteiger charge is -2.23. The van der Waals surface area contributed by atoms with Crippen molar-refractivity contribution in [1.82, 2.24) is 4.98 Å². The van der Waals surface area contributed by atoms with E-state index in [0.717, 1.165) is 16.3 Å². The third kappa shape index (κ3) is 5.15. The van der Waals surface area contributed by atoms with Gasteiger partial charge in [0.1, 0.15) is 6.42 Å². The minimum Gasteiger partial charge on any atom is -0.326 e. The van der Waals surface area contributed by atoms with E-state index in [1.807, 2.05) is 48.5 Å². The predicted molar refractivity (Wildman–Crippen MR) is 139 cm³/mol. The van der Waals surface area contributed by atoms with E-state index in [1.54, 1.807) is 41.6 Å². The molecule has 2 N–H and O–H groups in total. The van der Waals surface area contributed by atoms with Gasteiger partial charge < -0.3 is 10.6 Å². The summed E-state index contributed by atoms with van der Waals surface area (Å²) in [6.07, 6.45) is 4.14. The Morgan fingerprint density at radius 3 is 2.46 bits per heavy atom. The molecule has 4 aromatic rings. The molecule has 0 saturated heterocycles. The summed E-state index contributed by atoms with van der Waals surface area (Å²) in [7, 11) is 0. The van der Waals surface area contributed by atoms with E-state index < -0.39 is 0 Å². The first-order valence-electron chi connectivity index (χ1n) is 11.0. The fourth-order valence-electron chi connectivity index (χ4n) is 4.12. The number of rotatable bonds is 5. The van der Waals surface area contributed by atoms with Gasteiger partial charge in [-0.05, 0) is 59.8 Å². The van der Waals surface area contributed by atoms with Crippen LogP contribution in [0.4, 0.5) is 22.7 Å². The molecule has 8 heteroatoms. The number of amides is 3. The zero-order valence-corrected chi connectivity index (χ0v) is 19.5. The summed E-state index contributed by atoms with van der Waals surface area (Å²) in [5.74, 6) is -0.758. The molecular formula is C27H23ClN4O3. The SMILES string of the molecule is Cl.O=C(CCc1ccncc1)Nc1ccc(N2C(=O)CC(=O)Nc3c2ccc2ccccc32)cc1. The molecule has 0 aliphatic carbocycles. The highest BCUT2D eigenvalue weighted by Crippen LogP contribution is 2.40. The van der Waals surface area contributed by atoms with Crippen molar-refractivity contribution >= 4 is 63.7 Å². The topological polar surface area (TPSA) is 91.4 Å². The number of carbonyl (C=O) groups is 3. The van der Waals surface area contributed by atoms with Gasteiger partial charge in [-0.1, -0.05) is 30.3 Å². The van der Waals surface area contributed by atoms with Crippen LogP contribution in [0.1, 0.15) is 18.4 Å². The van der Waals surface area contributed by atoms with Crippen LogP contribution in [0.5, 0.6) is 0 Å². The number of nitrogens with zero attached hydrogens (tertiary/aromatic N) is 2. The summed E-state index contributed by atoms with van der Waals surface area (Å²) in [6, 6.07) is 22.3. The quantitative estimate of drug-likeness (QED) is 0.378. The van der Waals surface area contributed by atoms with Crippen molar-refractivity contribution in [2.45, 2.75) is 19.3 Å². The fourth-order valence-corrected chi connectivity index (χ4v) is 4.12. The zero-order chi connectivity index (χ0) is 23.5. The summed E-state index contributed by atoms with van der Waals surface area (Å²) in [5, 5.41) is 7.63. The van der Waals surface area contributed by atoms with Gasteiger partial charge in [-0.15, -0.1) is 12.4 Å². The molecule has 0 unspecified atom stereocenters. The number of halogens is 1. The molecule has 2 heterocycles. The van der Waals surface area contributed by atoms with E-state index in [2.05, 4.69) is 15.6 Å². The molecule has 0 bridgehead atoms. The van der Waals surface area contributed by atoms with Crippen LogP contribution >= 0.6 is 12.4 Å². The van der Waals surface area contributed by atoms with Crippen molar-refractivity contribution in [1.29, 1.82) is 0 Å². The number of benzene rings is 3. The number of aryl methyl sites for hydroxylation is 1. The maximum Gasteiger partial charge on any atom is 0.241 e. The monoisotopic (exact) mass is 486 g/mol. The molecule has 7 nitrogen and oxygen atoms in total. The van der Waals surface area contributed by atoms with Gasteiger partial charge in [0.2, 0.25) is 17.7 Å². The second-order valence-corrected chi connectivity index (χ2v) is 8.09. The Labute approximate surface area is 208 Å². The number of hydrogen-bond acceptors (Lipinski definition) is 4. The first-order chi connectivity index (χ1) is 16.6. The lowest BCUT2D eigenvalue weighted by Crippen LogP contribution is -2.26. The highest BCUT2D eigenvalue weighted by Gasteiger charge is 2.28. The second-order valence-electron chi connectivity index (χ2n) is 8.09. The molecule has 0 radical (unpaired) electrons. The molecule has 1 aromatic heterocycles. The highest BCUT2D eigenvalue weighted by molar-refractivity contribution is 6.21. The number of carbonyl (C=O) groups excluding carboxylic acids is 3. The smallest absolute Gasteiger partial charge is 0.241 e. The number of anilines is 4. The number of hydrogen-bond donors (Lipinski definition) is 2. The van der Waals surface area contributed by atoms with Crippen LogP contribution in [0.3, 0.4) is 0 Å². The van der Waals surface area contributed by atoms with Crippen LogP contribution in [0.2, 0.25) is 0 Å². The molecule has 5 rings (SSSR count). The Kier molecular flexibility index (Phi) is 7.08. The van der Waals surface area contributed by atoms with E-state index in [-0.39, 0.29) is 36.5 Å². The molecule has 176 valence electrons. The molecule has 1 aliphatic heterocycles. The van der Waals surface area contributed by atoms with Crippen LogP contribution in [0, 0.1) is 0 Å². The Morgan fingerprint density at radius 2 is 1.69 bits per heavy atom. The standard InChI is InChI=1S/C27H22N4O3.ClH/c32-24(12-5-18-13-15-28-16-14-18)29-20-7-9-21(10-8-20)31-23-11-6-19-3-1-2-4-22(19)27(23)30-25(33)17-26(31)34;/h1-4,6-11,13-16H,5,12,17H2,(H,29,32)(H,30,33);1H. The van der Waals surface area contributed by atoms with Crippen molar-refractivity contribution < 1.29 is 14.4 Å². The molecular weight excluding hydrogens is 464 g/mol.